The summed E-state index contributed by atoms with van der Waals surface area (Å²) in [5.74, 6) is 1.18. The highest BCUT2D eigenvalue weighted by atomic mass is 127. The molecule has 1 heterocycles. The van der Waals surface area contributed by atoms with Crippen molar-refractivity contribution >= 4 is 51.1 Å². The molecule has 0 aliphatic carbocycles. The molecule has 0 radical (unpaired) electrons. The van der Waals surface area contributed by atoms with E-state index in [1.165, 1.54) is 20.9 Å². The summed E-state index contributed by atoms with van der Waals surface area (Å²) in [6.07, 6.45) is 0.546. The largest absolute Gasteiger partial charge is 0.312 e. The summed E-state index contributed by atoms with van der Waals surface area (Å²) in [4.78, 5) is 24.9. The Balaban J connectivity index is 2.07. The lowest BCUT2D eigenvalue weighted by molar-refractivity contribution is -0.117. The van der Waals surface area contributed by atoms with E-state index in [0.717, 1.165) is 18.0 Å². The van der Waals surface area contributed by atoms with Gasteiger partial charge < -0.3 is 4.90 Å². The lowest BCUT2D eigenvalue weighted by Gasteiger charge is -2.17. The molecule has 2 rings (SSSR count). The van der Waals surface area contributed by atoms with Gasteiger partial charge in [-0.05, 0) is 53.1 Å². The Kier molecular flexibility index (Phi) is 4.89. The third-order valence-corrected chi connectivity index (χ3v) is 5.40. The molecule has 1 atom stereocenters. The number of aryl methyl sites for hydroxylation is 1. The molecule has 1 unspecified atom stereocenters. The van der Waals surface area contributed by atoms with Crippen molar-refractivity contribution in [3.05, 3.63) is 27.3 Å². The Bertz CT molecular complexity index is 518. The van der Waals surface area contributed by atoms with E-state index in [2.05, 4.69) is 29.5 Å². The highest BCUT2D eigenvalue weighted by molar-refractivity contribution is 14.1. The van der Waals surface area contributed by atoms with Gasteiger partial charge in [0.25, 0.3) is 0 Å². The lowest BCUT2D eigenvalue weighted by Crippen LogP contribution is -2.24. The number of anilines is 1. The highest BCUT2D eigenvalue weighted by Gasteiger charge is 2.30. The quantitative estimate of drug-likeness (QED) is 0.745. The molecule has 0 saturated carbocycles. The van der Waals surface area contributed by atoms with Gasteiger partial charge in [0.05, 0.1) is 0 Å². The summed E-state index contributed by atoms with van der Waals surface area (Å²) in [5.41, 5.74) is 2.19. The molecule has 1 aromatic carbocycles. The molecule has 19 heavy (non-hydrogen) atoms. The van der Waals surface area contributed by atoms with Crippen molar-refractivity contribution in [1.29, 1.82) is 0 Å². The zero-order valence-corrected chi connectivity index (χ0v) is 14.0. The Hall–Kier alpha value is -0.560. The fourth-order valence-corrected chi connectivity index (χ4v) is 3.32. The molecular weight excluding hydrogens is 373 g/mol. The van der Waals surface area contributed by atoms with Crippen molar-refractivity contribution in [3.63, 3.8) is 0 Å². The van der Waals surface area contributed by atoms with Crippen LogP contribution in [0.2, 0.25) is 0 Å². The van der Waals surface area contributed by atoms with Gasteiger partial charge in [-0.25, -0.2) is 0 Å². The van der Waals surface area contributed by atoms with Gasteiger partial charge in [0.15, 0.2) is 5.12 Å². The molecule has 0 spiro atoms. The second-order valence-corrected chi connectivity index (χ2v) is 7.17. The zero-order chi connectivity index (χ0) is 14.0. The average molecular weight is 389 g/mol. The summed E-state index contributed by atoms with van der Waals surface area (Å²) >= 11 is 3.60. The van der Waals surface area contributed by atoms with Crippen molar-refractivity contribution in [1.82, 2.24) is 0 Å². The normalized spacial score (nSPS) is 19.0. The smallest absolute Gasteiger partial charge is 0.227 e. The van der Waals surface area contributed by atoms with Crippen molar-refractivity contribution in [2.45, 2.75) is 20.3 Å². The number of halogens is 1. The van der Waals surface area contributed by atoms with E-state index >= 15 is 0 Å². The van der Waals surface area contributed by atoms with Gasteiger partial charge in [-0.2, -0.15) is 0 Å². The van der Waals surface area contributed by atoms with Crippen LogP contribution in [0.1, 0.15) is 18.9 Å². The first-order chi connectivity index (χ1) is 8.97. The van der Waals surface area contributed by atoms with Crippen molar-refractivity contribution in [2.24, 2.45) is 5.92 Å². The van der Waals surface area contributed by atoms with E-state index < -0.39 is 0 Å². The van der Waals surface area contributed by atoms with Crippen LogP contribution in [0.5, 0.6) is 0 Å². The Labute approximate surface area is 131 Å². The molecule has 3 nitrogen and oxygen atoms in total. The maximum atomic E-state index is 12.1. The minimum absolute atomic E-state index is 0.121. The number of hydrogen-bond donors (Lipinski definition) is 0. The molecule has 0 aromatic heterocycles. The molecule has 1 aliphatic heterocycles. The minimum Gasteiger partial charge on any atom is -0.312 e. The van der Waals surface area contributed by atoms with Crippen LogP contribution in [0.4, 0.5) is 5.69 Å². The maximum Gasteiger partial charge on any atom is 0.227 e. The number of rotatable bonds is 3. The Morgan fingerprint density at radius 1 is 1.53 bits per heavy atom. The molecule has 0 N–H and O–H groups in total. The van der Waals surface area contributed by atoms with Crippen LogP contribution in [0.25, 0.3) is 0 Å². The van der Waals surface area contributed by atoms with Gasteiger partial charge in [0, 0.05) is 34.9 Å². The first-order valence-corrected chi connectivity index (χ1v) is 8.23. The number of benzene rings is 1. The highest BCUT2D eigenvalue weighted by Crippen LogP contribution is 2.29. The summed E-state index contributed by atoms with van der Waals surface area (Å²) in [6.45, 7) is 4.35. The van der Waals surface area contributed by atoms with Crippen molar-refractivity contribution in [2.75, 3.05) is 17.2 Å². The molecular formula is C14H16INO2S. The summed E-state index contributed by atoms with van der Waals surface area (Å²) in [5, 5.41) is 0.121. The molecule has 1 amide bonds. The standard InChI is InChI=1S/C14H16INO2S/c1-9-3-4-12(6-13(9)15)16-7-11(5-14(16)18)8-19-10(2)17/h3-4,6,11H,5,7-8H2,1-2H3. The Morgan fingerprint density at radius 3 is 2.89 bits per heavy atom. The minimum atomic E-state index is 0.121. The topological polar surface area (TPSA) is 37.4 Å². The van der Waals surface area contributed by atoms with E-state index in [0.29, 0.717) is 6.42 Å². The SMILES string of the molecule is CC(=O)SCC1CC(=O)N(c2ccc(C)c(I)c2)C1. The maximum absolute atomic E-state index is 12.1. The van der Waals surface area contributed by atoms with Crippen molar-refractivity contribution in [3.8, 4) is 0 Å². The van der Waals surface area contributed by atoms with Gasteiger partial charge in [-0.1, -0.05) is 17.8 Å². The second kappa shape index (κ2) is 6.26. The van der Waals surface area contributed by atoms with Gasteiger partial charge in [0.1, 0.15) is 0 Å². The van der Waals surface area contributed by atoms with Crippen LogP contribution >= 0.6 is 34.4 Å². The monoisotopic (exact) mass is 389 g/mol. The molecule has 102 valence electrons. The van der Waals surface area contributed by atoms with E-state index in [1.54, 1.807) is 6.92 Å². The van der Waals surface area contributed by atoms with Gasteiger partial charge in [-0.3, -0.25) is 9.59 Å². The van der Waals surface area contributed by atoms with E-state index in [9.17, 15) is 9.59 Å². The number of amides is 1. The van der Waals surface area contributed by atoms with Crippen LogP contribution in [0.15, 0.2) is 18.2 Å². The average Bonchev–Trinajstić information content (AvgIpc) is 2.72. The third-order valence-electron chi connectivity index (χ3n) is 3.19. The van der Waals surface area contributed by atoms with Gasteiger partial charge in [0.2, 0.25) is 5.91 Å². The first-order valence-electron chi connectivity index (χ1n) is 6.17. The zero-order valence-electron chi connectivity index (χ0n) is 11.0. The molecule has 5 heteroatoms. The van der Waals surface area contributed by atoms with Crippen LogP contribution < -0.4 is 4.90 Å². The summed E-state index contributed by atoms with van der Waals surface area (Å²) in [7, 11) is 0. The second-order valence-electron chi connectivity index (χ2n) is 4.81. The van der Waals surface area contributed by atoms with Crippen LogP contribution in [0, 0.1) is 16.4 Å². The van der Waals surface area contributed by atoms with Gasteiger partial charge in [-0.15, -0.1) is 0 Å². The third kappa shape index (κ3) is 3.72. The fourth-order valence-electron chi connectivity index (χ4n) is 2.13. The number of nitrogens with zero attached hydrogens (tertiary/aromatic N) is 1. The lowest BCUT2D eigenvalue weighted by atomic mass is 10.1. The van der Waals surface area contributed by atoms with E-state index in [1.807, 2.05) is 23.1 Å². The predicted molar refractivity (Wildman–Crippen MR) is 87.5 cm³/mol. The first kappa shape index (κ1) is 14.8. The number of thioether (sulfide) groups is 1. The molecule has 1 aliphatic rings. The number of carbonyl (C=O) groups excluding carboxylic acids is 2. The number of carbonyl (C=O) groups is 2. The van der Waals surface area contributed by atoms with Crippen LogP contribution in [-0.2, 0) is 9.59 Å². The van der Waals surface area contributed by atoms with Gasteiger partial charge >= 0.3 is 0 Å². The molecule has 1 aromatic rings. The molecule has 1 saturated heterocycles. The van der Waals surface area contributed by atoms with Crippen LogP contribution in [-0.4, -0.2) is 23.3 Å². The van der Waals surface area contributed by atoms with E-state index in [-0.39, 0.29) is 16.9 Å². The van der Waals surface area contributed by atoms with Crippen LogP contribution in [0.3, 0.4) is 0 Å². The predicted octanol–water partition coefficient (Wildman–Crippen LogP) is 3.23. The number of hydrogen-bond acceptors (Lipinski definition) is 3. The molecule has 1 fully saturated rings. The fraction of sp³-hybridized carbons (Fsp3) is 0.429. The molecule has 0 bridgehead atoms. The van der Waals surface area contributed by atoms with E-state index in [4.69, 9.17) is 0 Å². The van der Waals surface area contributed by atoms with Crippen molar-refractivity contribution < 1.29 is 9.59 Å². The Morgan fingerprint density at radius 2 is 2.26 bits per heavy atom. The summed E-state index contributed by atoms with van der Waals surface area (Å²) in [6, 6.07) is 6.09. The summed E-state index contributed by atoms with van der Waals surface area (Å²) < 4.78 is 1.17.